The summed E-state index contributed by atoms with van der Waals surface area (Å²) in [4.78, 5) is 0. The summed E-state index contributed by atoms with van der Waals surface area (Å²) in [5, 5.41) is 3.71. The average Bonchev–Trinajstić information content (AvgIpc) is 2.59. The van der Waals surface area contributed by atoms with E-state index in [1.165, 1.54) is 0 Å². The molecule has 5 heteroatoms. The Bertz CT molecular complexity index is 654. The maximum absolute atomic E-state index is 5.85. The van der Waals surface area contributed by atoms with E-state index in [-0.39, 0.29) is 0 Å². The Morgan fingerprint density at radius 3 is 2.27 bits per heavy atom. The molecule has 2 aromatic rings. The number of nitrogens with zero attached hydrogens (tertiary/aromatic N) is 1. The van der Waals surface area contributed by atoms with Crippen LogP contribution in [0.3, 0.4) is 0 Å². The molecule has 0 saturated carbocycles. The fourth-order valence-electron chi connectivity index (χ4n) is 2.14. The van der Waals surface area contributed by atoms with E-state index in [1.807, 2.05) is 49.4 Å². The molecule has 0 spiro atoms. The zero-order valence-corrected chi connectivity index (χ0v) is 13.0. The van der Waals surface area contributed by atoms with Crippen LogP contribution in [-0.4, -0.2) is 19.9 Å². The summed E-state index contributed by atoms with van der Waals surface area (Å²) >= 11 is 0. The maximum Gasteiger partial charge on any atom is 0.204 e. The highest BCUT2D eigenvalue weighted by molar-refractivity contribution is 6.02. The number of benzene rings is 2. The number of ether oxygens (including phenoxy) is 3. The molecule has 0 atom stereocenters. The van der Waals surface area contributed by atoms with Crippen molar-refractivity contribution in [2.45, 2.75) is 13.5 Å². The van der Waals surface area contributed by atoms with Crippen LogP contribution < -0.4 is 20.1 Å². The molecule has 0 radical (unpaired) electrons. The van der Waals surface area contributed by atoms with Gasteiger partial charge in [0.25, 0.3) is 0 Å². The van der Waals surface area contributed by atoms with E-state index in [4.69, 9.17) is 20.1 Å². The Morgan fingerprint density at radius 2 is 1.68 bits per heavy atom. The smallest absolute Gasteiger partial charge is 0.204 e. The van der Waals surface area contributed by atoms with E-state index in [0.29, 0.717) is 29.6 Å². The molecule has 0 fully saturated rings. The molecule has 0 aliphatic carbocycles. The lowest BCUT2D eigenvalue weighted by Crippen LogP contribution is -2.05. The standard InChI is InChI=1S/C17H20N2O3/c1-12(19-18)14-9-10-15(17(21-3)16(14)20-2)22-11-13-7-5-4-6-8-13/h4-10H,11,18H2,1-3H3/b19-12+. The van der Waals surface area contributed by atoms with Crippen molar-refractivity contribution in [1.82, 2.24) is 0 Å². The highest BCUT2D eigenvalue weighted by Crippen LogP contribution is 2.40. The Kier molecular flexibility index (Phi) is 5.25. The van der Waals surface area contributed by atoms with Gasteiger partial charge in [-0.15, -0.1) is 0 Å². The third-order valence-electron chi connectivity index (χ3n) is 3.30. The predicted molar refractivity (Wildman–Crippen MR) is 86.7 cm³/mol. The average molecular weight is 300 g/mol. The highest BCUT2D eigenvalue weighted by atomic mass is 16.5. The molecule has 5 nitrogen and oxygen atoms in total. The number of hydrogen-bond acceptors (Lipinski definition) is 5. The monoisotopic (exact) mass is 300 g/mol. The molecule has 0 aliphatic rings. The first-order valence-electron chi connectivity index (χ1n) is 6.87. The van der Waals surface area contributed by atoms with Crippen LogP contribution in [0.5, 0.6) is 17.2 Å². The van der Waals surface area contributed by atoms with Gasteiger partial charge < -0.3 is 20.1 Å². The van der Waals surface area contributed by atoms with Crippen LogP contribution in [0.1, 0.15) is 18.1 Å². The van der Waals surface area contributed by atoms with Gasteiger partial charge in [0, 0.05) is 5.56 Å². The van der Waals surface area contributed by atoms with Crippen LogP contribution in [0, 0.1) is 0 Å². The van der Waals surface area contributed by atoms with E-state index in [2.05, 4.69) is 5.10 Å². The number of rotatable bonds is 6. The van der Waals surface area contributed by atoms with E-state index < -0.39 is 0 Å². The van der Waals surface area contributed by atoms with Crippen molar-refractivity contribution in [3.63, 3.8) is 0 Å². The van der Waals surface area contributed by atoms with Gasteiger partial charge in [-0.25, -0.2) is 0 Å². The third kappa shape index (κ3) is 3.31. The van der Waals surface area contributed by atoms with Gasteiger partial charge in [0.1, 0.15) is 6.61 Å². The molecule has 0 amide bonds. The van der Waals surface area contributed by atoms with Crippen molar-refractivity contribution in [2.24, 2.45) is 10.9 Å². The fourth-order valence-corrected chi connectivity index (χ4v) is 2.14. The first-order chi connectivity index (χ1) is 10.7. The van der Waals surface area contributed by atoms with E-state index in [1.54, 1.807) is 14.2 Å². The third-order valence-corrected chi connectivity index (χ3v) is 3.30. The van der Waals surface area contributed by atoms with Gasteiger partial charge in [-0.1, -0.05) is 30.3 Å². The van der Waals surface area contributed by atoms with Gasteiger partial charge in [-0.3, -0.25) is 0 Å². The number of hydrogen-bond donors (Lipinski definition) is 1. The second kappa shape index (κ2) is 7.36. The highest BCUT2D eigenvalue weighted by Gasteiger charge is 2.18. The van der Waals surface area contributed by atoms with Crippen molar-refractivity contribution in [2.75, 3.05) is 14.2 Å². The van der Waals surface area contributed by atoms with Crippen molar-refractivity contribution < 1.29 is 14.2 Å². The summed E-state index contributed by atoms with van der Waals surface area (Å²) in [6.07, 6.45) is 0. The van der Waals surface area contributed by atoms with Crippen LogP contribution in [-0.2, 0) is 6.61 Å². The van der Waals surface area contributed by atoms with Gasteiger partial charge in [-0.2, -0.15) is 5.10 Å². The molecule has 0 saturated heterocycles. The zero-order valence-electron chi connectivity index (χ0n) is 13.0. The number of nitrogens with two attached hydrogens (primary N) is 1. The minimum atomic E-state index is 0.448. The van der Waals surface area contributed by atoms with E-state index in [9.17, 15) is 0 Å². The number of methoxy groups -OCH3 is 2. The lowest BCUT2D eigenvalue weighted by atomic mass is 10.1. The van der Waals surface area contributed by atoms with Gasteiger partial charge in [0.05, 0.1) is 19.9 Å². The van der Waals surface area contributed by atoms with Crippen molar-refractivity contribution in [3.8, 4) is 17.2 Å². The molecule has 2 rings (SSSR count). The molecule has 0 unspecified atom stereocenters. The first kappa shape index (κ1) is 15.7. The molecule has 0 bridgehead atoms. The molecule has 22 heavy (non-hydrogen) atoms. The lowest BCUT2D eigenvalue weighted by molar-refractivity contribution is 0.275. The minimum absolute atomic E-state index is 0.448. The molecule has 0 heterocycles. The van der Waals surface area contributed by atoms with Crippen molar-refractivity contribution >= 4 is 5.71 Å². The van der Waals surface area contributed by atoms with Crippen LogP contribution >= 0.6 is 0 Å². The minimum Gasteiger partial charge on any atom is -0.492 e. The Labute approximate surface area is 130 Å². The van der Waals surface area contributed by atoms with E-state index in [0.717, 1.165) is 11.1 Å². The fraction of sp³-hybridized carbons (Fsp3) is 0.235. The molecule has 0 aliphatic heterocycles. The van der Waals surface area contributed by atoms with Gasteiger partial charge >= 0.3 is 0 Å². The summed E-state index contributed by atoms with van der Waals surface area (Å²) in [5.74, 6) is 7.04. The molecule has 116 valence electrons. The molecule has 0 aromatic heterocycles. The topological polar surface area (TPSA) is 66.1 Å². The summed E-state index contributed by atoms with van der Waals surface area (Å²) in [5.41, 5.74) is 2.51. The Hall–Kier alpha value is -2.69. The SMILES string of the molecule is COc1c(OCc2ccccc2)ccc(/C(C)=N/N)c1OC. The quantitative estimate of drug-likeness (QED) is 0.506. The van der Waals surface area contributed by atoms with E-state index >= 15 is 0 Å². The van der Waals surface area contributed by atoms with Gasteiger partial charge in [0.15, 0.2) is 11.5 Å². The molecule has 2 aromatic carbocycles. The van der Waals surface area contributed by atoms with Crippen LogP contribution in [0.4, 0.5) is 0 Å². The first-order valence-corrected chi connectivity index (χ1v) is 6.87. The van der Waals surface area contributed by atoms with Crippen LogP contribution in [0.2, 0.25) is 0 Å². The second-order valence-electron chi connectivity index (χ2n) is 4.67. The predicted octanol–water partition coefficient (Wildman–Crippen LogP) is 2.97. The van der Waals surface area contributed by atoms with Crippen molar-refractivity contribution in [3.05, 3.63) is 53.6 Å². The van der Waals surface area contributed by atoms with Crippen LogP contribution in [0.25, 0.3) is 0 Å². The second-order valence-corrected chi connectivity index (χ2v) is 4.67. The molecule has 2 N–H and O–H groups in total. The normalized spacial score (nSPS) is 11.1. The zero-order chi connectivity index (χ0) is 15.9. The Balaban J connectivity index is 2.32. The largest absolute Gasteiger partial charge is 0.492 e. The van der Waals surface area contributed by atoms with Crippen molar-refractivity contribution in [1.29, 1.82) is 0 Å². The lowest BCUT2D eigenvalue weighted by Gasteiger charge is -2.16. The Morgan fingerprint density at radius 1 is 1.00 bits per heavy atom. The van der Waals surface area contributed by atoms with Gasteiger partial charge in [0.2, 0.25) is 5.75 Å². The molecular formula is C17H20N2O3. The van der Waals surface area contributed by atoms with Gasteiger partial charge in [-0.05, 0) is 24.6 Å². The number of hydrazone groups is 1. The summed E-state index contributed by atoms with van der Waals surface area (Å²) < 4.78 is 16.7. The summed E-state index contributed by atoms with van der Waals surface area (Å²) in [7, 11) is 3.15. The molecular weight excluding hydrogens is 280 g/mol. The maximum atomic E-state index is 5.85. The summed E-state index contributed by atoms with van der Waals surface area (Å²) in [6.45, 7) is 2.26. The summed E-state index contributed by atoms with van der Waals surface area (Å²) in [6, 6.07) is 13.6. The van der Waals surface area contributed by atoms with Crippen LogP contribution in [0.15, 0.2) is 47.6 Å².